The Morgan fingerprint density at radius 3 is 2.71 bits per heavy atom. The number of aliphatic hydroxyl groups is 1. The summed E-state index contributed by atoms with van der Waals surface area (Å²) in [5.74, 6) is 0.709. The molecule has 2 N–H and O–H groups in total. The van der Waals surface area contributed by atoms with E-state index in [1.807, 2.05) is 0 Å². The van der Waals surface area contributed by atoms with Crippen LogP contribution in [0.3, 0.4) is 0 Å². The van der Waals surface area contributed by atoms with Crippen molar-refractivity contribution in [3.05, 3.63) is 0 Å². The van der Waals surface area contributed by atoms with Crippen molar-refractivity contribution in [1.82, 2.24) is 10.2 Å². The van der Waals surface area contributed by atoms with Gasteiger partial charge >= 0.3 is 0 Å². The number of rotatable bonds is 3. The van der Waals surface area contributed by atoms with Gasteiger partial charge in [0.1, 0.15) is 0 Å². The summed E-state index contributed by atoms with van der Waals surface area (Å²) in [6, 6.07) is 1.07. The number of nitrogens with zero attached hydrogens (tertiary/aromatic N) is 1. The van der Waals surface area contributed by atoms with Crippen molar-refractivity contribution in [3.63, 3.8) is 0 Å². The van der Waals surface area contributed by atoms with E-state index < -0.39 is 0 Å². The molecule has 3 nitrogen and oxygen atoms in total. The van der Waals surface area contributed by atoms with Gasteiger partial charge in [-0.1, -0.05) is 6.92 Å². The van der Waals surface area contributed by atoms with Gasteiger partial charge in [-0.05, 0) is 32.7 Å². The molecule has 0 saturated carbocycles. The molecule has 3 heteroatoms. The molecule has 1 heterocycles. The van der Waals surface area contributed by atoms with Gasteiger partial charge in [0.2, 0.25) is 0 Å². The molecule has 0 spiro atoms. The lowest BCUT2D eigenvalue weighted by Gasteiger charge is -2.28. The van der Waals surface area contributed by atoms with Crippen LogP contribution in [0.25, 0.3) is 0 Å². The highest BCUT2D eigenvalue weighted by Gasteiger charge is 2.22. The Hall–Kier alpha value is -0.120. The van der Waals surface area contributed by atoms with Crippen molar-refractivity contribution in [2.75, 3.05) is 26.2 Å². The monoisotopic (exact) mass is 200 g/mol. The van der Waals surface area contributed by atoms with Crippen LogP contribution in [0.4, 0.5) is 0 Å². The largest absolute Gasteiger partial charge is 0.396 e. The minimum absolute atomic E-state index is 0.290. The van der Waals surface area contributed by atoms with Crippen LogP contribution in [0.2, 0.25) is 0 Å². The van der Waals surface area contributed by atoms with Crippen molar-refractivity contribution < 1.29 is 5.11 Å². The second-order valence-corrected chi connectivity index (χ2v) is 4.77. The fourth-order valence-corrected chi connectivity index (χ4v) is 2.03. The van der Waals surface area contributed by atoms with Gasteiger partial charge in [-0.2, -0.15) is 0 Å². The zero-order valence-electron chi connectivity index (χ0n) is 9.66. The van der Waals surface area contributed by atoms with Gasteiger partial charge in [0.25, 0.3) is 0 Å². The summed E-state index contributed by atoms with van der Waals surface area (Å²) in [7, 11) is 0. The molecule has 2 unspecified atom stereocenters. The van der Waals surface area contributed by atoms with Gasteiger partial charge in [-0.3, -0.25) is 4.90 Å². The van der Waals surface area contributed by atoms with Crippen LogP contribution in [0.1, 0.15) is 27.2 Å². The van der Waals surface area contributed by atoms with Gasteiger partial charge < -0.3 is 10.4 Å². The van der Waals surface area contributed by atoms with E-state index in [9.17, 15) is 0 Å². The van der Waals surface area contributed by atoms with Gasteiger partial charge in [-0.15, -0.1) is 0 Å². The lowest BCUT2D eigenvalue weighted by atomic mass is 10.1. The smallest absolute Gasteiger partial charge is 0.0446 e. The predicted octanol–water partition coefficient (Wildman–Crippen LogP) is 0.687. The average Bonchev–Trinajstić information content (AvgIpc) is 2.29. The molecule has 1 saturated heterocycles. The molecule has 1 fully saturated rings. The Labute approximate surface area is 87.5 Å². The average molecular weight is 200 g/mol. The van der Waals surface area contributed by atoms with Gasteiger partial charge in [0.05, 0.1) is 0 Å². The highest BCUT2D eigenvalue weighted by molar-refractivity contribution is 4.80. The van der Waals surface area contributed by atoms with Crippen LogP contribution < -0.4 is 5.32 Å². The Balaban J connectivity index is 2.50. The predicted molar refractivity (Wildman–Crippen MR) is 59.4 cm³/mol. The molecule has 0 radical (unpaired) electrons. The van der Waals surface area contributed by atoms with Crippen LogP contribution in [0.15, 0.2) is 0 Å². The van der Waals surface area contributed by atoms with Crippen molar-refractivity contribution in [2.45, 2.75) is 39.3 Å². The van der Waals surface area contributed by atoms with Gasteiger partial charge in [0, 0.05) is 31.8 Å². The topological polar surface area (TPSA) is 35.5 Å². The molecule has 0 bridgehead atoms. The molecular weight excluding hydrogens is 176 g/mol. The number of hydrogen-bond acceptors (Lipinski definition) is 3. The van der Waals surface area contributed by atoms with E-state index in [1.54, 1.807) is 0 Å². The van der Waals surface area contributed by atoms with Crippen LogP contribution in [0.5, 0.6) is 0 Å². The SMILES string of the molecule is CC1CNC(CCO)CN(C(C)C)C1. The maximum Gasteiger partial charge on any atom is 0.0446 e. The van der Waals surface area contributed by atoms with Crippen molar-refractivity contribution >= 4 is 0 Å². The van der Waals surface area contributed by atoms with Crippen molar-refractivity contribution in [3.8, 4) is 0 Å². The summed E-state index contributed by atoms with van der Waals surface area (Å²) >= 11 is 0. The molecule has 0 aliphatic carbocycles. The van der Waals surface area contributed by atoms with Crippen LogP contribution >= 0.6 is 0 Å². The summed E-state index contributed by atoms with van der Waals surface area (Å²) in [4.78, 5) is 2.50. The fraction of sp³-hybridized carbons (Fsp3) is 1.00. The first-order valence-corrected chi connectivity index (χ1v) is 5.71. The minimum Gasteiger partial charge on any atom is -0.396 e. The lowest BCUT2D eigenvalue weighted by Crippen LogP contribution is -2.41. The van der Waals surface area contributed by atoms with E-state index in [0.29, 0.717) is 18.0 Å². The molecule has 0 aromatic heterocycles. The summed E-state index contributed by atoms with van der Waals surface area (Å²) in [6.07, 6.45) is 0.871. The summed E-state index contributed by atoms with van der Waals surface area (Å²) in [5.41, 5.74) is 0. The normalized spacial score (nSPS) is 30.6. The standard InChI is InChI=1S/C11H24N2O/c1-9(2)13-7-10(3)6-12-11(8-13)4-5-14/h9-12,14H,4-8H2,1-3H3. The van der Waals surface area contributed by atoms with E-state index in [2.05, 4.69) is 31.0 Å². The Bertz CT molecular complexity index is 161. The van der Waals surface area contributed by atoms with Crippen LogP contribution in [0, 0.1) is 5.92 Å². The second kappa shape index (κ2) is 5.69. The first-order chi connectivity index (χ1) is 6.63. The number of aliphatic hydroxyl groups excluding tert-OH is 1. The molecule has 1 aliphatic rings. The highest BCUT2D eigenvalue weighted by Crippen LogP contribution is 2.10. The van der Waals surface area contributed by atoms with E-state index >= 15 is 0 Å². The fourth-order valence-electron chi connectivity index (χ4n) is 2.03. The third-order valence-electron chi connectivity index (χ3n) is 2.96. The molecule has 0 aromatic carbocycles. The first-order valence-electron chi connectivity index (χ1n) is 5.71. The van der Waals surface area contributed by atoms with Gasteiger partial charge in [-0.25, -0.2) is 0 Å². The zero-order chi connectivity index (χ0) is 10.6. The maximum absolute atomic E-state index is 8.94. The maximum atomic E-state index is 8.94. The Morgan fingerprint density at radius 2 is 2.14 bits per heavy atom. The van der Waals surface area contributed by atoms with E-state index in [1.165, 1.54) is 6.54 Å². The minimum atomic E-state index is 0.290. The van der Waals surface area contributed by atoms with Crippen molar-refractivity contribution in [2.24, 2.45) is 5.92 Å². The number of nitrogens with one attached hydrogen (secondary N) is 1. The Morgan fingerprint density at radius 1 is 1.43 bits per heavy atom. The quantitative estimate of drug-likeness (QED) is 0.703. The zero-order valence-corrected chi connectivity index (χ0v) is 9.66. The summed E-state index contributed by atoms with van der Waals surface area (Å²) < 4.78 is 0. The third kappa shape index (κ3) is 3.56. The highest BCUT2D eigenvalue weighted by atomic mass is 16.3. The van der Waals surface area contributed by atoms with E-state index in [4.69, 9.17) is 5.11 Å². The Kier molecular flexibility index (Phi) is 4.85. The molecule has 2 atom stereocenters. The molecule has 1 aliphatic heterocycles. The van der Waals surface area contributed by atoms with Crippen molar-refractivity contribution in [1.29, 1.82) is 0 Å². The number of hydrogen-bond donors (Lipinski definition) is 2. The summed E-state index contributed by atoms with van der Waals surface area (Å²) in [6.45, 7) is 10.4. The lowest BCUT2D eigenvalue weighted by molar-refractivity contribution is 0.187. The first kappa shape index (κ1) is 12.0. The van der Waals surface area contributed by atoms with Gasteiger partial charge in [0.15, 0.2) is 0 Å². The van der Waals surface area contributed by atoms with E-state index in [0.717, 1.165) is 19.5 Å². The van der Waals surface area contributed by atoms with Crippen LogP contribution in [-0.4, -0.2) is 48.3 Å². The van der Waals surface area contributed by atoms with E-state index in [-0.39, 0.29) is 6.61 Å². The summed E-state index contributed by atoms with van der Waals surface area (Å²) in [5, 5.41) is 12.5. The third-order valence-corrected chi connectivity index (χ3v) is 2.96. The second-order valence-electron chi connectivity index (χ2n) is 4.77. The molecule has 1 rings (SSSR count). The van der Waals surface area contributed by atoms with Crippen LogP contribution in [-0.2, 0) is 0 Å². The molecule has 0 aromatic rings. The molecular formula is C11H24N2O. The molecule has 14 heavy (non-hydrogen) atoms. The molecule has 0 amide bonds. The molecule has 84 valence electrons.